The van der Waals surface area contributed by atoms with E-state index in [-0.39, 0.29) is 118 Å². The van der Waals surface area contributed by atoms with Crippen LogP contribution in [0.2, 0.25) is 0 Å². The zero-order valence-corrected chi connectivity index (χ0v) is 51.1. The summed E-state index contributed by atoms with van der Waals surface area (Å²) in [5, 5.41) is 94.9. The molecule has 8 unspecified atom stereocenters. The van der Waals surface area contributed by atoms with Gasteiger partial charge in [-0.15, -0.1) is 0 Å². The molecule has 0 heterocycles. The number of aliphatic carboxylic acids is 4. The average molecular weight is 1190 g/mol. The first kappa shape index (κ1) is 56.0. The van der Waals surface area contributed by atoms with Crippen LogP contribution in [0.1, 0.15) is 247 Å². The van der Waals surface area contributed by atoms with E-state index in [1.807, 2.05) is 0 Å². The number of rotatable bonds is 12. The lowest BCUT2D eigenvalue weighted by atomic mass is 9.42. The molecule has 464 valence electrons. The Labute approximate surface area is 516 Å². The summed E-state index contributed by atoms with van der Waals surface area (Å²) in [6.07, 6.45) is 23.3. The number of fused-ring (bicyclic) bond motifs is 8. The summed E-state index contributed by atoms with van der Waals surface area (Å²) in [4.78, 5) is 51.0. The van der Waals surface area contributed by atoms with Crippen molar-refractivity contribution >= 4 is 23.9 Å². The maximum absolute atomic E-state index is 13.2. The van der Waals surface area contributed by atoms with Gasteiger partial charge >= 0.3 is 23.9 Å². The number of carboxylic acid groups (broad SMARTS) is 4. The molecule has 0 aromatic heterocycles. The molecule has 4 aromatic carbocycles. The van der Waals surface area contributed by atoms with E-state index >= 15 is 0 Å². The molecule has 0 aliphatic heterocycles. The van der Waals surface area contributed by atoms with Crippen molar-refractivity contribution in [3.8, 4) is 23.0 Å². The summed E-state index contributed by atoms with van der Waals surface area (Å²) in [5.74, 6) is 0.452. The lowest BCUT2D eigenvalue weighted by Crippen LogP contribution is -2.54. The highest BCUT2D eigenvalue weighted by molar-refractivity contribution is 5.70. The third kappa shape index (κ3) is 8.80. The number of carboxylic acids is 4. The Bertz CT molecular complexity index is 3090. The normalized spacial score (nSPS) is 40.5. The van der Waals surface area contributed by atoms with E-state index in [0.29, 0.717) is 91.9 Å². The zero-order chi connectivity index (χ0) is 60.5. The van der Waals surface area contributed by atoms with E-state index < -0.39 is 23.9 Å². The first-order valence-corrected chi connectivity index (χ1v) is 34.2. The lowest BCUT2D eigenvalue weighted by molar-refractivity contribution is -0.148. The smallest absolute Gasteiger partial charge is 0.303 e. The van der Waals surface area contributed by atoms with Gasteiger partial charge in [-0.1, -0.05) is 48.5 Å². The number of hydrogen-bond acceptors (Lipinski definition) is 8. The highest BCUT2D eigenvalue weighted by atomic mass is 16.4. The Kier molecular flexibility index (Phi) is 12.0. The van der Waals surface area contributed by atoms with Crippen molar-refractivity contribution in [3.05, 3.63) is 115 Å². The number of hydrogen-bond donors (Lipinski definition) is 8. The predicted molar refractivity (Wildman–Crippen MR) is 328 cm³/mol. The maximum atomic E-state index is 13.2. The standard InChI is InChI=1S/C76H88O12/c77-61(78)33-69-17-41-1-42(18-69)26-73(25-41,37-69)57-9-49-5-51-11-58(74-27-43-2-44(28-74)20-70(19-43,38-74)34-62(79)80)13-53(66(51)86)7-55-15-60(76-31-47-4-48(32-76)24-72(23-47,40-76)36-64(83)84)16-56(68(55)88)8-54-14-59(12-52(67(54)87)6-50(10-57)65(49)85)75-29-45-3-46(30-75)22-71(21-45,39-75)35-63(81)82/h9-16,41-48,85-88H,1-8,17-40H2,(H,77,78)(H,79,80)(H,81,82)(H,83,84). The number of benzene rings is 4. The van der Waals surface area contributed by atoms with Crippen molar-refractivity contribution in [1.82, 2.24) is 0 Å². The Hall–Kier alpha value is -6.04. The minimum Gasteiger partial charge on any atom is -0.507 e. The molecule has 8 atom stereocenters. The molecule has 24 bridgehead atoms. The third-order valence-electron chi connectivity index (χ3n) is 27.9. The molecular weight excluding hydrogens is 1100 g/mol. The second-order valence-electron chi connectivity index (χ2n) is 34.5. The number of aromatic hydroxyl groups is 4. The monoisotopic (exact) mass is 1190 g/mol. The van der Waals surface area contributed by atoms with Crippen LogP contribution in [-0.4, -0.2) is 64.7 Å². The highest BCUT2D eigenvalue weighted by Crippen LogP contribution is 2.72. The van der Waals surface area contributed by atoms with Crippen LogP contribution in [0.25, 0.3) is 0 Å². The molecule has 4 aromatic rings. The van der Waals surface area contributed by atoms with Crippen molar-refractivity contribution < 1.29 is 60.0 Å². The van der Waals surface area contributed by atoms with E-state index in [9.17, 15) is 60.0 Å². The first-order chi connectivity index (χ1) is 41.9. The van der Waals surface area contributed by atoms with Gasteiger partial charge in [0.25, 0.3) is 0 Å². The van der Waals surface area contributed by atoms with Crippen LogP contribution in [0.5, 0.6) is 23.0 Å². The van der Waals surface area contributed by atoms with Crippen LogP contribution < -0.4 is 0 Å². The fraction of sp³-hybridized carbons (Fsp3) is 0.632. The largest absolute Gasteiger partial charge is 0.507 e. The number of carbonyl (C=O) groups is 4. The summed E-state index contributed by atoms with van der Waals surface area (Å²) >= 11 is 0. The molecule has 8 N–H and O–H groups in total. The number of phenolic OH excluding ortho intramolecular Hbond substituents is 4. The molecule has 17 aliphatic carbocycles. The maximum Gasteiger partial charge on any atom is 0.303 e. The molecule has 12 nitrogen and oxygen atoms in total. The Morgan fingerprint density at radius 2 is 0.443 bits per heavy atom. The zero-order valence-electron chi connectivity index (χ0n) is 51.1. The van der Waals surface area contributed by atoms with Crippen molar-refractivity contribution in [1.29, 1.82) is 0 Å². The van der Waals surface area contributed by atoms with Crippen LogP contribution in [0.3, 0.4) is 0 Å². The van der Waals surface area contributed by atoms with Crippen molar-refractivity contribution in [2.75, 3.05) is 0 Å². The molecule has 0 saturated heterocycles. The number of phenols is 4. The molecule has 12 heteroatoms. The van der Waals surface area contributed by atoms with Crippen molar-refractivity contribution in [2.45, 2.75) is 227 Å². The van der Waals surface area contributed by atoms with Crippen LogP contribution >= 0.6 is 0 Å². The Morgan fingerprint density at radius 3 is 0.591 bits per heavy atom. The summed E-state index contributed by atoms with van der Waals surface area (Å²) in [6.45, 7) is 0. The topological polar surface area (TPSA) is 230 Å². The molecule has 17 aliphatic rings. The first-order valence-electron chi connectivity index (χ1n) is 34.2. The molecule has 0 amide bonds. The van der Waals surface area contributed by atoms with Gasteiger partial charge < -0.3 is 40.9 Å². The van der Waals surface area contributed by atoms with Gasteiger partial charge in [-0.2, -0.15) is 0 Å². The van der Waals surface area contributed by atoms with E-state index in [1.165, 1.54) is 0 Å². The molecule has 0 radical (unpaired) electrons. The molecule has 0 spiro atoms. The summed E-state index contributed by atoms with van der Waals surface area (Å²) in [7, 11) is 0. The molecular formula is C76H88O12. The van der Waals surface area contributed by atoms with Gasteiger partial charge in [-0.25, -0.2) is 0 Å². The van der Waals surface area contributed by atoms with Gasteiger partial charge in [-0.3, -0.25) is 19.2 Å². The molecule has 16 fully saturated rings. The lowest BCUT2D eigenvalue weighted by Gasteiger charge is -2.62. The summed E-state index contributed by atoms with van der Waals surface area (Å²) < 4.78 is 0. The molecule has 88 heavy (non-hydrogen) atoms. The van der Waals surface area contributed by atoms with Crippen LogP contribution in [0, 0.1) is 69.0 Å². The Morgan fingerprint density at radius 1 is 0.284 bits per heavy atom. The van der Waals surface area contributed by atoms with Gasteiger partial charge in [0, 0.05) is 25.7 Å². The predicted octanol–water partition coefficient (Wildman–Crippen LogP) is 14.4. The van der Waals surface area contributed by atoms with Crippen LogP contribution in [-0.2, 0) is 66.5 Å². The van der Waals surface area contributed by atoms with E-state index in [0.717, 1.165) is 176 Å². The highest BCUT2D eigenvalue weighted by Gasteiger charge is 2.63. The molecule has 21 rings (SSSR count). The minimum atomic E-state index is -0.761. The SMILES string of the molecule is O=C(O)CC12CC3CC(C1)CC(c1cc4c(O)c(c1)Cc1cc(C56CC7CC(CC(CC(=O)O)(C7)C5)C6)cc(c1O)Cc1cc(C56CC7CC(CC(CC(=O)O)(C7)C5)C6)cc(c1O)Cc1cc(C56CC7CC(CC(CC(=O)O)(C7)C5)C6)cc(c1O)C4)(C3)C2. The van der Waals surface area contributed by atoms with E-state index in [2.05, 4.69) is 48.5 Å². The second-order valence-corrected chi connectivity index (χ2v) is 34.5. The van der Waals surface area contributed by atoms with Gasteiger partial charge in [0.05, 0.1) is 25.7 Å². The second kappa shape index (κ2) is 18.8. The fourth-order valence-electron chi connectivity index (χ4n) is 27.4. The fourth-order valence-corrected chi connectivity index (χ4v) is 27.4. The summed E-state index contributed by atoms with van der Waals surface area (Å²) in [6, 6.07) is 17.4. The van der Waals surface area contributed by atoms with E-state index in [1.54, 1.807) is 0 Å². The van der Waals surface area contributed by atoms with Gasteiger partial charge in [0.15, 0.2) is 0 Å². The molecule has 16 saturated carbocycles. The quantitative estimate of drug-likeness (QED) is 0.0583. The minimum absolute atomic E-state index is 0.104. The third-order valence-corrected chi connectivity index (χ3v) is 27.9. The Balaban J connectivity index is 0.879. The van der Waals surface area contributed by atoms with E-state index in [4.69, 9.17) is 0 Å². The van der Waals surface area contributed by atoms with Gasteiger partial charge in [0.1, 0.15) is 23.0 Å². The van der Waals surface area contributed by atoms with Gasteiger partial charge in [0.2, 0.25) is 0 Å². The van der Waals surface area contributed by atoms with Gasteiger partial charge in [-0.05, 0) is 312 Å². The van der Waals surface area contributed by atoms with Crippen molar-refractivity contribution in [3.63, 3.8) is 0 Å². The van der Waals surface area contributed by atoms with Crippen LogP contribution in [0.4, 0.5) is 0 Å². The van der Waals surface area contributed by atoms with Crippen LogP contribution in [0.15, 0.2) is 48.5 Å². The van der Waals surface area contributed by atoms with Crippen molar-refractivity contribution in [2.24, 2.45) is 69.0 Å². The summed E-state index contributed by atoms with van der Waals surface area (Å²) in [5.41, 5.74) is 6.97. The average Bonchev–Trinajstić information content (AvgIpc) is 0.807.